The minimum atomic E-state index is -0.183. The lowest BCUT2D eigenvalue weighted by molar-refractivity contribution is 0.0781. The average Bonchev–Trinajstić information content (AvgIpc) is 2.80. The van der Waals surface area contributed by atoms with Crippen molar-refractivity contribution < 1.29 is 9.90 Å². The van der Waals surface area contributed by atoms with Gasteiger partial charge in [0.2, 0.25) is 0 Å². The van der Waals surface area contributed by atoms with Crippen LogP contribution >= 0.6 is 0 Å². The van der Waals surface area contributed by atoms with Crippen molar-refractivity contribution in [2.75, 3.05) is 7.05 Å². The molecule has 1 heterocycles. The largest absolute Gasteiger partial charge is 0.508 e. The molecule has 6 heteroatoms. The number of H-pyrrole nitrogens is 1. The fraction of sp³-hybridized carbons (Fsp3) is 0.182. The summed E-state index contributed by atoms with van der Waals surface area (Å²) in [7, 11) is 1.66. The van der Waals surface area contributed by atoms with Gasteiger partial charge in [-0.2, -0.15) is 5.10 Å². The number of hydrogen-bond acceptors (Lipinski definition) is 4. The Hall–Kier alpha value is -2.37. The van der Waals surface area contributed by atoms with Gasteiger partial charge in [0, 0.05) is 12.6 Å². The minimum absolute atomic E-state index is 0.0731. The molecule has 0 unspecified atom stereocenters. The number of aromatic nitrogens is 3. The van der Waals surface area contributed by atoms with Gasteiger partial charge in [-0.15, -0.1) is 0 Å². The van der Waals surface area contributed by atoms with Gasteiger partial charge in [-0.25, -0.2) is 4.98 Å². The summed E-state index contributed by atoms with van der Waals surface area (Å²) in [4.78, 5) is 17.4. The van der Waals surface area contributed by atoms with E-state index in [0.717, 1.165) is 0 Å². The predicted molar refractivity (Wildman–Crippen MR) is 60.3 cm³/mol. The lowest BCUT2D eigenvalue weighted by atomic mass is 10.2. The quantitative estimate of drug-likeness (QED) is 0.819. The monoisotopic (exact) mass is 232 g/mol. The van der Waals surface area contributed by atoms with Crippen LogP contribution in [0.15, 0.2) is 30.6 Å². The number of aromatic hydroxyl groups is 1. The van der Waals surface area contributed by atoms with E-state index in [1.54, 1.807) is 19.2 Å². The van der Waals surface area contributed by atoms with Gasteiger partial charge in [0.15, 0.2) is 0 Å². The first-order chi connectivity index (χ1) is 8.16. The third kappa shape index (κ3) is 2.60. The second-order valence-electron chi connectivity index (χ2n) is 3.64. The van der Waals surface area contributed by atoms with Crippen LogP contribution in [0, 0.1) is 0 Å². The molecule has 2 rings (SSSR count). The molecule has 17 heavy (non-hydrogen) atoms. The Bertz CT molecular complexity index is 510. The van der Waals surface area contributed by atoms with E-state index in [4.69, 9.17) is 0 Å². The normalized spacial score (nSPS) is 10.2. The van der Waals surface area contributed by atoms with E-state index in [1.165, 1.54) is 23.4 Å². The predicted octanol–water partition coefficient (Wildman–Crippen LogP) is 0.782. The van der Waals surface area contributed by atoms with Gasteiger partial charge < -0.3 is 10.0 Å². The number of benzene rings is 1. The zero-order chi connectivity index (χ0) is 12.3. The van der Waals surface area contributed by atoms with Gasteiger partial charge in [0.05, 0.1) is 6.54 Å². The highest BCUT2D eigenvalue weighted by atomic mass is 16.3. The van der Waals surface area contributed by atoms with E-state index in [1.807, 2.05) is 0 Å². The van der Waals surface area contributed by atoms with Crippen LogP contribution in [0.4, 0.5) is 0 Å². The zero-order valence-corrected chi connectivity index (χ0v) is 9.29. The van der Waals surface area contributed by atoms with E-state index in [2.05, 4.69) is 15.2 Å². The Balaban J connectivity index is 2.09. The van der Waals surface area contributed by atoms with E-state index in [-0.39, 0.29) is 11.7 Å². The Labute approximate surface area is 97.9 Å². The lowest BCUT2D eigenvalue weighted by Crippen LogP contribution is -2.26. The number of phenols is 1. The Morgan fingerprint density at radius 1 is 1.53 bits per heavy atom. The third-order valence-corrected chi connectivity index (χ3v) is 2.29. The Morgan fingerprint density at radius 3 is 3.00 bits per heavy atom. The number of phenolic OH excluding ortho intramolecular Hbond substituents is 1. The average molecular weight is 232 g/mol. The standard InChI is InChI=1S/C11H12N4O2/c1-15(6-10-12-7-13-14-10)11(17)8-3-2-4-9(16)5-8/h2-5,7,16H,6H2,1H3,(H,12,13,14). The first kappa shape index (κ1) is 11.1. The van der Waals surface area contributed by atoms with E-state index in [9.17, 15) is 9.90 Å². The number of nitrogens with zero attached hydrogens (tertiary/aromatic N) is 3. The Morgan fingerprint density at radius 2 is 2.35 bits per heavy atom. The smallest absolute Gasteiger partial charge is 0.254 e. The molecule has 0 saturated heterocycles. The van der Waals surface area contributed by atoms with Crippen molar-refractivity contribution in [1.82, 2.24) is 20.1 Å². The molecule has 1 amide bonds. The van der Waals surface area contributed by atoms with Gasteiger partial charge in [-0.05, 0) is 18.2 Å². The summed E-state index contributed by atoms with van der Waals surface area (Å²) in [6.45, 7) is 0.342. The number of amides is 1. The van der Waals surface area contributed by atoms with Crippen molar-refractivity contribution in [3.05, 3.63) is 42.0 Å². The summed E-state index contributed by atoms with van der Waals surface area (Å²) < 4.78 is 0. The second-order valence-corrected chi connectivity index (χ2v) is 3.64. The van der Waals surface area contributed by atoms with Gasteiger partial charge in [0.1, 0.15) is 17.9 Å². The summed E-state index contributed by atoms with van der Waals surface area (Å²) in [6, 6.07) is 6.23. The summed E-state index contributed by atoms with van der Waals surface area (Å²) >= 11 is 0. The SMILES string of the molecule is CN(Cc1ncn[nH]1)C(=O)c1cccc(O)c1. The molecule has 1 aromatic carbocycles. The molecule has 0 spiro atoms. The molecular weight excluding hydrogens is 220 g/mol. The molecule has 0 aliphatic rings. The van der Waals surface area contributed by atoms with Crippen LogP contribution in [0.25, 0.3) is 0 Å². The van der Waals surface area contributed by atoms with Gasteiger partial charge in [-0.1, -0.05) is 6.07 Å². The highest BCUT2D eigenvalue weighted by molar-refractivity contribution is 5.94. The van der Waals surface area contributed by atoms with Crippen molar-refractivity contribution >= 4 is 5.91 Å². The molecule has 0 radical (unpaired) electrons. The number of carbonyl (C=O) groups excluding carboxylic acids is 1. The van der Waals surface area contributed by atoms with Crippen molar-refractivity contribution in [2.45, 2.75) is 6.54 Å². The summed E-state index contributed by atoms with van der Waals surface area (Å²) in [6.07, 6.45) is 1.39. The van der Waals surface area contributed by atoms with Crippen LogP contribution in [0.2, 0.25) is 0 Å². The van der Waals surface area contributed by atoms with Gasteiger partial charge in [0.25, 0.3) is 5.91 Å². The number of aromatic amines is 1. The molecule has 0 bridgehead atoms. The fourth-order valence-corrected chi connectivity index (χ4v) is 1.46. The molecule has 0 saturated carbocycles. The van der Waals surface area contributed by atoms with E-state index < -0.39 is 0 Å². The number of hydrogen-bond donors (Lipinski definition) is 2. The molecule has 88 valence electrons. The molecule has 6 nitrogen and oxygen atoms in total. The molecule has 0 fully saturated rings. The summed E-state index contributed by atoms with van der Waals surface area (Å²) in [5.74, 6) is 0.502. The maximum atomic E-state index is 12.0. The summed E-state index contributed by atoms with van der Waals surface area (Å²) in [5, 5.41) is 15.7. The Kier molecular flexibility index (Phi) is 3.04. The topological polar surface area (TPSA) is 82.1 Å². The molecule has 2 N–H and O–H groups in total. The first-order valence-corrected chi connectivity index (χ1v) is 5.05. The maximum absolute atomic E-state index is 12.0. The molecule has 0 atom stereocenters. The van der Waals surface area contributed by atoms with Crippen molar-refractivity contribution in [3.8, 4) is 5.75 Å². The van der Waals surface area contributed by atoms with Crippen molar-refractivity contribution in [3.63, 3.8) is 0 Å². The summed E-state index contributed by atoms with van der Waals surface area (Å²) in [5.41, 5.74) is 0.437. The van der Waals surface area contributed by atoms with Crippen LogP contribution in [-0.4, -0.2) is 38.1 Å². The first-order valence-electron chi connectivity index (χ1n) is 5.05. The van der Waals surface area contributed by atoms with Crippen LogP contribution in [0.1, 0.15) is 16.2 Å². The number of nitrogens with one attached hydrogen (secondary N) is 1. The van der Waals surface area contributed by atoms with Gasteiger partial charge in [-0.3, -0.25) is 9.89 Å². The van der Waals surface area contributed by atoms with E-state index in [0.29, 0.717) is 17.9 Å². The van der Waals surface area contributed by atoms with Crippen LogP contribution in [0.5, 0.6) is 5.75 Å². The maximum Gasteiger partial charge on any atom is 0.254 e. The fourth-order valence-electron chi connectivity index (χ4n) is 1.46. The highest BCUT2D eigenvalue weighted by Gasteiger charge is 2.13. The van der Waals surface area contributed by atoms with Crippen LogP contribution < -0.4 is 0 Å². The van der Waals surface area contributed by atoms with Crippen molar-refractivity contribution in [2.24, 2.45) is 0 Å². The molecule has 0 aliphatic carbocycles. The van der Waals surface area contributed by atoms with Crippen molar-refractivity contribution in [1.29, 1.82) is 0 Å². The van der Waals surface area contributed by atoms with E-state index >= 15 is 0 Å². The number of rotatable bonds is 3. The molecule has 2 aromatic rings. The molecule has 0 aliphatic heterocycles. The van der Waals surface area contributed by atoms with Crippen LogP contribution in [0.3, 0.4) is 0 Å². The molecule has 1 aromatic heterocycles. The second kappa shape index (κ2) is 4.65. The van der Waals surface area contributed by atoms with Crippen LogP contribution in [-0.2, 0) is 6.54 Å². The molecular formula is C11H12N4O2. The highest BCUT2D eigenvalue weighted by Crippen LogP contribution is 2.13. The third-order valence-electron chi connectivity index (χ3n) is 2.29. The minimum Gasteiger partial charge on any atom is -0.508 e. The van der Waals surface area contributed by atoms with Gasteiger partial charge >= 0.3 is 0 Å². The zero-order valence-electron chi connectivity index (χ0n) is 9.29. The number of carbonyl (C=O) groups is 1. The lowest BCUT2D eigenvalue weighted by Gasteiger charge is -2.15.